The number of halogens is 5. The third kappa shape index (κ3) is 7.23. The highest BCUT2D eigenvalue weighted by Crippen LogP contribution is 2.34. The van der Waals surface area contributed by atoms with Crippen LogP contribution in [0, 0.1) is 12.7 Å². The van der Waals surface area contributed by atoms with E-state index in [-0.39, 0.29) is 47.8 Å². The second-order valence-corrected chi connectivity index (χ2v) is 10.3. The minimum Gasteiger partial charge on any atom is -0.481 e. The maximum atomic E-state index is 14.9. The molecule has 43 heavy (non-hydrogen) atoms. The molecule has 0 amide bonds. The number of hydrogen-bond acceptors (Lipinski definition) is 4. The van der Waals surface area contributed by atoms with Crippen LogP contribution in [-0.4, -0.2) is 26.8 Å². The molecule has 0 bridgehead atoms. The van der Waals surface area contributed by atoms with Gasteiger partial charge in [-0.25, -0.2) is 9.18 Å². The molecule has 1 heterocycles. The van der Waals surface area contributed by atoms with E-state index in [1.165, 1.54) is 13.0 Å². The first-order valence-corrected chi connectivity index (χ1v) is 13.7. The van der Waals surface area contributed by atoms with Crippen LogP contribution in [0.5, 0.6) is 0 Å². The highest BCUT2D eigenvalue weighted by molar-refractivity contribution is 6.33. The van der Waals surface area contributed by atoms with Crippen LogP contribution in [0.15, 0.2) is 82.4 Å². The van der Waals surface area contributed by atoms with Crippen molar-refractivity contribution in [2.24, 2.45) is 0 Å². The molecule has 2 N–H and O–H groups in total. The average Bonchev–Trinajstić information content (AvgIpc) is 2.96. The maximum absolute atomic E-state index is 14.9. The smallest absolute Gasteiger partial charge is 0.416 e. The number of rotatable bonds is 11. The van der Waals surface area contributed by atoms with Crippen LogP contribution in [0.4, 0.5) is 17.6 Å². The topological polar surface area (TPSA) is 93.3 Å². The van der Waals surface area contributed by atoms with E-state index < -0.39 is 52.9 Å². The quantitative estimate of drug-likeness (QED) is 0.158. The van der Waals surface area contributed by atoms with Gasteiger partial charge in [0.2, 0.25) is 0 Å². The van der Waals surface area contributed by atoms with Crippen LogP contribution in [0.2, 0.25) is 5.02 Å². The SMILES string of the molecule is Cc1c(-c2ccccc2Cl)c(=O)n(C[C@@H](NCCCC(=O)O)c2ccccc2)c(=O)n1Cc1c(F)cccc1C(F)(F)F. The molecular formula is C31H28ClF4N3O4. The first-order valence-electron chi connectivity index (χ1n) is 13.3. The summed E-state index contributed by atoms with van der Waals surface area (Å²) in [4.78, 5) is 38.9. The summed E-state index contributed by atoms with van der Waals surface area (Å²) >= 11 is 6.42. The number of hydrogen-bond donors (Lipinski definition) is 2. The van der Waals surface area contributed by atoms with Crippen molar-refractivity contribution in [2.75, 3.05) is 6.54 Å². The highest BCUT2D eigenvalue weighted by atomic mass is 35.5. The highest BCUT2D eigenvalue weighted by Gasteiger charge is 2.35. The van der Waals surface area contributed by atoms with Crippen molar-refractivity contribution in [1.82, 2.24) is 14.5 Å². The van der Waals surface area contributed by atoms with Crippen molar-refractivity contribution < 1.29 is 27.5 Å². The van der Waals surface area contributed by atoms with Crippen LogP contribution in [0.25, 0.3) is 11.1 Å². The molecule has 1 aromatic heterocycles. The van der Waals surface area contributed by atoms with Gasteiger partial charge in [0.25, 0.3) is 5.56 Å². The fourth-order valence-electron chi connectivity index (χ4n) is 4.94. The lowest BCUT2D eigenvalue weighted by molar-refractivity contribution is -0.138. The van der Waals surface area contributed by atoms with Gasteiger partial charge in [-0.1, -0.05) is 66.2 Å². The molecule has 226 valence electrons. The number of carboxylic acid groups (broad SMARTS) is 1. The van der Waals surface area contributed by atoms with E-state index in [1.54, 1.807) is 48.5 Å². The molecule has 0 aliphatic carbocycles. The Morgan fingerprint density at radius 1 is 0.977 bits per heavy atom. The van der Waals surface area contributed by atoms with Gasteiger partial charge in [-0.2, -0.15) is 13.2 Å². The minimum absolute atomic E-state index is 0.0152. The van der Waals surface area contributed by atoms with E-state index in [0.29, 0.717) is 5.56 Å². The van der Waals surface area contributed by atoms with Crippen molar-refractivity contribution in [3.8, 4) is 11.1 Å². The largest absolute Gasteiger partial charge is 0.481 e. The molecule has 0 aliphatic heterocycles. The summed E-state index contributed by atoms with van der Waals surface area (Å²) in [5, 5.41) is 12.4. The van der Waals surface area contributed by atoms with Gasteiger partial charge in [-0.15, -0.1) is 0 Å². The summed E-state index contributed by atoms with van der Waals surface area (Å²) in [5.41, 5.74) is -2.73. The zero-order valence-corrected chi connectivity index (χ0v) is 23.8. The van der Waals surface area contributed by atoms with Crippen molar-refractivity contribution in [3.05, 3.63) is 127 Å². The van der Waals surface area contributed by atoms with Crippen LogP contribution >= 0.6 is 11.6 Å². The number of aliphatic carboxylic acids is 1. The van der Waals surface area contributed by atoms with Gasteiger partial charge in [0.1, 0.15) is 5.82 Å². The number of alkyl halides is 3. The van der Waals surface area contributed by atoms with Crippen LogP contribution in [0.1, 0.15) is 41.3 Å². The fraction of sp³-hybridized carbons (Fsp3) is 0.258. The predicted octanol–water partition coefficient (Wildman–Crippen LogP) is 6.04. The minimum atomic E-state index is -4.90. The van der Waals surface area contributed by atoms with Crippen molar-refractivity contribution >= 4 is 17.6 Å². The molecule has 12 heteroatoms. The zero-order valence-electron chi connectivity index (χ0n) is 23.0. The van der Waals surface area contributed by atoms with Crippen molar-refractivity contribution in [3.63, 3.8) is 0 Å². The molecule has 3 aromatic carbocycles. The Kier molecular flexibility index (Phi) is 9.87. The van der Waals surface area contributed by atoms with Crippen LogP contribution < -0.4 is 16.6 Å². The number of carboxylic acids is 1. The van der Waals surface area contributed by atoms with E-state index in [9.17, 15) is 31.9 Å². The van der Waals surface area contributed by atoms with Gasteiger partial charge in [0, 0.05) is 28.3 Å². The maximum Gasteiger partial charge on any atom is 0.416 e. The molecule has 4 rings (SSSR count). The van der Waals surface area contributed by atoms with E-state index in [4.69, 9.17) is 16.7 Å². The van der Waals surface area contributed by atoms with Gasteiger partial charge in [0.05, 0.1) is 30.3 Å². The average molecular weight is 618 g/mol. The fourth-order valence-corrected chi connectivity index (χ4v) is 5.17. The molecule has 0 aliphatic rings. The third-order valence-electron chi connectivity index (χ3n) is 7.10. The Morgan fingerprint density at radius 3 is 2.30 bits per heavy atom. The van der Waals surface area contributed by atoms with Gasteiger partial charge >= 0.3 is 17.8 Å². The van der Waals surface area contributed by atoms with Crippen molar-refractivity contribution in [1.29, 1.82) is 0 Å². The molecule has 0 fully saturated rings. The predicted molar refractivity (Wildman–Crippen MR) is 155 cm³/mol. The lowest BCUT2D eigenvalue weighted by Crippen LogP contribution is -2.45. The lowest BCUT2D eigenvalue weighted by atomic mass is 10.0. The van der Waals surface area contributed by atoms with E-state index in [1.807, 2.05) is 0 Å². The number of benzene rings is 3. The van der Waals surface area contributed by atoms with Crippen LogP contribution in [0.3, 0.4) is 0 Å². The third-order valence-corrected chi connectivity index (χ3v) is 7.43. The Morgan fingerprint density at radius 2 is 1.65 bits per heavy atom. The Labute approximate surface area is 249 Å². The summed E-state index contributed by atoms with van der Waals surface area (Å²) in [6.45, 7) is 0.586. The molecule has 7 nitrogen and oxygen atoms in total. The lowest BCUT2D eigenvalue weighted by Gasteiger charge is -2.23. The zero-order chi connectivity index (χ0) is 31.3. The monoisotopic (exact) mass is 617 g/mol. The first kappa shape index (κ1) is 31.7. The number of aromatic nitrogens is 2. The molecule has 4 aromatic rings. The van der Waals surface area contributed by atoms with E-state index >= 15 is 0 Å². The van der Waals surface area contributed by atoms with Gasteiger partial charge in [-0.3, -0.25) is 18.7 Å². The van der Waals surface area contributed by atoms with E-state index in [0.717, 1.165) is 27.3 Å². The van der Waals surface area contributed by atoms with Gasteiger partial charge in [-0.05, 0) is 43.7 Å². The molecule has 1 atom stereocenters. The Balaban J connectivity index is 1.92. The summed E-state index contributed by atoms with van der Waals surface area (Å²) in [6, 6.07) is 17.0. The summed E-state index contributed by atoms with van der Waals surface area (Å²) in [7, 11) is 0. The normalized spacial score (nSPS) is 12.3. The molecule has 0 spiro atoms. The number of carbonyl (C=O) groups is 1. The van der Waals surface area contributed by atoms with Crippen molar-refractivity contribution in [2.45, 2.75) is 45.1 Å². The second kappa shape index (κ2) is 13.4. The van der Waals surface area contributed by atoms with Gasteiger partial charge in [0.15, 0.2) is 0 Å². The first-order chi connectivity index (χ1) is 20.4. The molecule has 0 saturated heterocycles. The number of nitrogens with one attached hydrogen (secondary N) is 1. The molecule has 0 radical (unpaired) electrons. The Bertz CT molecular complexity index is 1740. The summed E-state index contributed by atoms with van der Waals surface area (Å²) < 4.78 is 58.3. The molecule has 0 saturated carbocycles. The molecular weight excluding hydrogens is 590 g/mol. The standard InChI is InChI=1S/C31H28ClF4N3O4/c1-19-28(21-11-5-6-13-24(21)32)29(42)39(18-26(20-9-3-2-4-10-20)37-16-8-15-27(40)41)30(43)38(19)17-22-23(31(34,35)36)12-7-14-25(22)33/h2-7,9-14,26,37H,8,15-18H2,1H3,(H,40,41)/t26-/m1/s1. The molecule has 0 unspecified atom stereocenters. The number of nitrogens with zero attached hydrogens (tertiary/aromatic N) is 2. The summed E-state index contributed by atoms with van der Waals surface area (Å²) in [5.74, 6) is -2.13. The summed E-state index contributed by atoms with van der Waals surface area (Å²) in [6.07, 6.45) is -4.73. The van der Waals surface area contributed by atoms with E-state index in [2.05, 4.69) is 5.32 Å². The van der Waals surface area contributed by atoms with Gasteiger partial charge < -0.3 is 10.4 Å². The van der Waals surface area contributed by atoms with Crippen LogP contribution in [-0.2, 0) is 24.1 Å². The Hall–Kier alpha value is -4.22. The second-order valence-electron chi connectivity index (χ2n) is 9.90.